The number of halogens is 2. The fraction of sp³-hybridized carbons (Fsp3) is 0.333. The van der Waals surface area contributed by atoms with E-state index in [-0.39, 0.29) is 40.3 Å². The van der Waals surface area contributed by atoms with Crippen LogP contribution in [0.1, 0.15) is 6.42 Å². The second kappa shape index (κ2) is 9.67. The molecule has 0 unspecified atom stereocenters. The molecule has 1 heterocycles. The first-order valence-corrected chi connectivity index (χ1v) is 9.62. The summed E-state index contributed by atoms with van der Waals surface area (Å²) in [5.41, 5.74) is 0.0252. The summed E-state index contributed by atoms with van der Waals surface area (Å²) in [6.45, 7) is 0.538. The largest absolute Gasteiger partial charge is 1.00 e. The number of anilines is 2. The maximum Gasteiger partial charge on any atom is 0.411 e. The van der Waals surface area contributed by atoms with Gasteiger partial charge in [-0.15, -0.1) is 0 Å². The van der Waals surface area contributed by atoms with Crippen molar-refractivity contribution < 1.29 is 40.0 Å². The van der Waals surface area contributed by atoms with E-state index in [4.69, 9.17) is 11.6 Å². The summed E-state index contributed by atoms with van der Waals surface area (Å²) in [4.78, 5) is 11.2. The van der Waals surface area contributed by atoms with E-state index in [0.29, 0.717) is 13.0 Å². The number of ether oxygens (including phenoxy) is 1. The van der Waals surface area contributed by atoms with Gasteiger partial charge in [0.15, 0.2) is 0 Å². The monoisotopic (exact) mass is 438 g/mol. The van der Waals surface area contributed by atoms with Crippen LogP contribution in [0.3, 0.4) is 0 Å². The van der Waals surface area contributed by atoms with Crippen LogP contribution in [0.25, 0.3) is 0 Å². The van der Waals surface area contributed by atoms with E-state index in [9.17, 15) is 18.3 Å². The molecular formula is C15H20Cl2N4O5S. The van der Waals surface area contributed by atoms with E-state index < -0.39 is 16.1 Å². The summed E-state index contributed by atoms with van der Waals surface area (Å²) in [6, 6.07) is 2.35. The number of aromatic nitrogens is 2. The van der Waals surface area contributed by atoms with E-state index in [1.807, 2.05) is 34.9 Å². The van der Waals surface area contributed by atoms with Crippen molar-refractivity contribution in [3.8, 4) is 5.75 Å². The molecule has 9 nitrogen and oxygen atoms in total. The Labute approximate surface area is 168 Å². The van der Waals surface area contributed by atoms with E-state index in [1.54, 1.807) is 0 Å². The molecule has 0 spiro atoms. The van der Waals surface area contributed by atoms with Gasteiger partial charge in [-0.1, -0.05) is 11.6 Å². The van der Waals surface area contributed by atoms with Gasteiger partial charge in [0.25, 0.3) is 0 Å². The second-order valence-electron chi connectivity index (χ2n) is 5.56. The zero-order valence-electron chi connectivity index (χ0n) is 14.6. The Morgan fingerprint density at radius 1 is 1.37 bits per heavy atom. The van der Waals surface area contributed by atoms with Gasteiger partial charge >= 0.3 is 6.09 Å². The number of sulfonamides is 1. The topological polar surface area (TPSA) is 114 Å². The van der Waals surface area contributed by atoms with E-state index in [1.165, 1.54) is 13.2 Å². The predicted molar refractivity (Wildman–Crippen MR) is 96.8 cm³/mol. The molecule has 150 valence electrons. The van der Waals surface area contributed by atoms with Crippen molar-refractivity contribution in [3.63, 3.8) is 0 Å². The highest BCUT2D eigenvalue weighted by Crippen LogP contribution is 2.34. The van der Waals surface area contributed by atoms with Crippen molar-refractivity contribution in [1.29, 1.82) is 0 Å². The average Bonchev–Trinajstić information content (AvgIpc) is 2.97. The van der Waals surface area contributed by atoms with Gasteiger partial charge in [0, 0.05) is 12.5 Å². The number of hydrogen-bond acceptors (Lipinski definition) is 5. The zero-order chi connectivity index (χ0) is 19.3. The number of aromatic hydroxyl groups is 1. The number of amides is 1. The standard InChI is InChI=1S/C15H19ClN4O5S.ClH/c1-19-5-6-20(10-19)4-3-7-26(23,24)18-13-8-11(16)12(9-14(13)21)17-15(22)25-2;/h5-6,8-10,18H,3-4,7H2,1-2H3,(H-,17,21,22);1H. The Bertz CT molecular complexity index is 902. The first kappa shape index (κ1) is 22.9. The minimum Gasteiger partial charge on any atom is -1.00 e. The summed E-state index contributed by atoms with van der Waals surface area (Å²) in [5.74, 6) is -0.504. The Kier molecular flexibility index (Phi) is 8.20. The molecule has 0 fully saturated rings. The Morgan fingerprint density at radius 2 is 2.07 bits per heavy atom. The SMILES string of the molecule is COC(=O)Nc1cc(O)c(NS(=O)(=O)CCCn2cc[n+](C)c2)cc1Cl.[Cl-]. The summed E-state index contributed by atoms with van der Waals surface area (Å²) in [7, 11) is -0.624. The molecular weight excluding hydrogens is 419 g/mol. The van der Waals surface area contributed by atoms with Crippen molar-refractivity contribution in [2.45, 2.75) is 13.0 Å². The van der Waals surface area contributed by atoms with Gasteiger partial charge < -0.3 is 22.3 Å². The van der Waals surface area contributed by atoms with E-state index >= 15 is 0 Å². The number of methoxy groups -OCH3 is 1. The average molecular weight is 439 g/mol. The third-order valence-electron chi connectivity index (χ3n) is 3.43. The number of nitrogens with zero attached hydrogens (tertiary/aromatic N) is 2. The Morgan fingerprint density at radius 3 is 2.67 bits per heavy atom. The van der Waals surface area contributed by atoms with Gasteiger partial charge in [0.1, 0.15) is 18.1 Å². The minimum atomic E-state index is -3.68. The van der Waals surface area contributed by atoms with Gasteiger partial charge in [-0.25, -0.2) is 22.3 Å². The molecule has 1 amide bonds. The third kappa shape index (κ3) is 6.81. The van der Waals surface area contributed by atoms with Gasteiger partial charge in [-0.3, -0.25) is 10.0 Å². The summed E-state index contributed by atoms with van der Waals surface area (Å²) in [6.07, 6.45) is 5.17. The quantitative estimate of drug-likeness (QED) is 0.366. The molecule has 0 aliphatic carbocycles. The third-order valence-corrected chi connectivity index (χ3v) is 5.10. The fourth-order valence-corrected chi connectivity index (χ4v) is 3.51. The second-order valence-corrected chi connectivity index (χ2v) is 7.81. The van der Waals surface area contributed by atoms with Crippen molar-refractivity contribution >= 4 is 39.1 Å². The van der Waals surface area contributed by atoms with Gasteiger partial charge in [0.2, 0.25) is 16.4 Å². The van der Waals surface area contributed by atoms with Crippen LogP contribution in [0.2, 0.25) is 5.02 Å². The molecule has 1 aromatic carbocycles. The fourth-order valence-electron chi connectivity index (χ4n) is 2.19. The maximum absolute atomic E-state index is 12.2. The van der Waals surface area contributed by atoms with Crippen LogP contribution >= 0.6 is 11.6 Å². The molecule has 0 bridgehead atoms. The number of benzene rings is 1. The maximum atomic E-state index is 12.2. The van der Waals surface area contributed by atoms with E-state index in [2.05, 4.69) is 14.8 Å². The lowest BCUT2D eigenvalue weighted by Crippen LogP contribution is -3.00. The van der Waals surface area contributed by atoms with Crippen LogP contribution in [-0.4, -0.2) is 37.0 Å². The number of carbonyl (C=O) groups is 1. The molecule has 12 heteroatoms. The van der Waals surface area contributed by atoms with Gasteiger partial charge in [-0.05, 0) is 6.07 Å². The molecule has 2 aromatic rings. The summed E-state index contributed by atoms with van der Waals surface area (Å²) < 4.78 is 34.9. The first-order chi connectivity index (χ1) is 12.2. The van der Waals surface area contributed by atoms with Crippen LogP contribution < -0.4 is 27.0 Å². The predicted octanol–water partition coefficient (Wildman–Crippen LogP) is -1.31. The van der Waals surface area contributed by atoms with Crippen LogP contribution in [0, 0.1) is 0 Å². The molecule has 27 heavy (non-hydrogen) atoms. The lowest BCUT2D eigenvalue weighted by Gasteiger charge is -2.12. The molecule has 0 atom stereocenters. The molecule has 2 rings (SSSR count). The number of carbonyl (C=O) groups excluding carboxylic acids is 1. The number of phenols is 1. The lowest BCUT2D eigenvalue weighted by atomic mass is 10.2. The highest BCUT2D eigenvalue weighted by molar-refractivity contribution is 7.92. The highest BCUT2D eigenvalue weighted by Gasteiger charge is 2.17. The molecule has 1 aromatic heterocycles. The highest BCUT2D eigenvalue weighted by atomic mass is 35.5. The molecule has 0 aliphatic heterocycles. The van der Waals surface area contributed by atoms with Crippen molar-refractivity contribution in [2.75, 3.05) is 22.9 Å². The lowest BCUT2D eigenvalue weighted by molar-refractivity contribution is -0.671. The number of hydrogen-bond donors (Lipinski definition) is 3. The van der Waals surface area contributed by atoms with Gasteiger partial charge in [0.05, 0.1) is 42.9 Å². The number of rotatable bonds is 7. The number of imidazole rings is 1. The molecule has 0 saturated carbocycles. The summed E-state index contributed by atoms with van der Waals surface area (Å²) in [5, 5.41) is 12.3. The van der Waals surface area contributed by atoms with Gasteiger partial charge in [-0.2, -0.15) is 0 Å². The normalized spacial score (nSPS) is 10.8. The Balaban J connectivity index is 0.00000364. The van der Waals surface area contributed by atoms with Crippen molar-refractivity contribution in [3.05, 3.63) is 35.9 Å². The molecule has 0 aliphatic rings. The minimum absolute atomic E-state index is 0. The smallest absolute Gasteiger partial charge is 0.411 e. The molecule has 0 radical (unpaired) electrons. The number of aryl methyl sites for hydroxylation is 2. The van der Waals surface area contributed by atoms with Crippen molar-refractivity contribution in [2.24, 2.45) is 7.05 Å². The molecule has 3 N–H and O–H groups in total. The van der Waals surface area contributed by atoms with Crippen molar-refractivity contribution in [1.82, 2.24) is 4.57 Å². The van der Waals surface area contributed by atoms with Crippen LogP contribution in [0.5, 0.6) is 5.75 Å². The van der Waals surface area contributed by atoms with E-state index in [0.717, 1.165) is 6.07 Å². The molecule has 0 saturated heterocycles. The zero-order valence-corrected chi connectivity index (χ0v) is 17.0. The number of phenolic OH excluding ortho intramolecular Hbond substituents is 1. The Hall–Kier alpha value is -2.17. The first-order valence-electron chi connectivity index (χ1n) is 7.59. The van der Waals surface area contributed by atoms with Crippen LogP contribution in [-0.2, 0) is 28.4 Å². The van der Waals surface area contributed by atoms with Crippen LogP contribution in [0.15, 0.2) is 30.9 Å². The van der Waals surface area contributed by atoms with Crippen LogP contribution in [0.4, 0.5) is 16.2 Å². The summed E-state index contributed by atoms with van der Waals surface area (Å²) >= 11 is 6.00. The number of nitrogens with one attached hydrogen (secondary N) is 2.